The van der Waals surface area contributed by atoms with E-state index in [2.05, 4.69) is 0 Å². The number of carbonyl (C=O) groups excluding carboxylic acids is 1. The van der Waals surface area contributed by atoms with Gasteiger partial charge in [-0.3, -0.25) is 0 Å². The third kappa shape index (κ3) is 1.85. The minimum absolute atomic E-state index is 0.231. The highest BCUT2D eigenvalue weighted by molar-refractivity contribution is 5.77. The Labute approximate surface area is 86.7 Å². The number of cyclic esters (lactones) is 1. The molecule has 4 atom stereocenters. The summed E-state index contributed by atoms with van der Waals surface area (Å²) in [5.41, 5.74) is 0. The summed E-state index contributed by atoms with van der Waals surface area (Å²) in [5, 5.41) is 18.7. The van der Waals surface area contributed by atoms with Crippen molar-refractivity contribution in [2.75, 3.05) is 6.61 Å². The van der Waals surface area contributed by atoms with E-state index >= 15 is 0 Å². The lowest BCUT2D eigenvalue weighted by atomic mass is 10.1. The van der Waals surface area contributed by atoms with Gasteiger partial charge in [0.2, 0.25) is 0 Å². The summed E-state index contributed by atoms with van der Waals surface area (Å²) in [6.45, 7) is 3.69. The van der Waals surface area contributed by atoms with Crippen LogP contribution in [0, 0.1) is 0 Å². The first-order valence-corrected chi connectivity index (χ1v) is 4.79. The van der Waals surface area contributed by atoms with Crippen LogP contribution in [-0.2, 0) is 19.0 Å². The Morgan fingerprint density at radius 3 is 2.47 bits per heavy atom. The Bertz CT molecular complexity index is 276. The molecule has 15 heavy (non-hydrogen) atoms. The molecule has 2 rings (SSSR count). The van der Waals surface area contributed by atoms with E-state index in [1.807, 2.05) is 0 Å². The van der Waals surface area contributed by atoms with Crippen molar-refractivity contribution in [3.8, 4) is 0 Å². The van der Waals surface area contributed by atoms with Gasteiger partial charge in [0.1, 0.15) is 12.2 Å². The van der Waals surface area contributed by atoms with Gasteiger partial charge in [0.25, 0.3) is 0 Å². The highest BCUT2D eigenvalue weighted by Crippen LogP contribution is 2.30. The van der Waals surface area contributed by atoms with Gasteiger partial charge in [0, 0.05) is 0 Å². The van der Waals surface area contributed by atoms with Gasteiger partial charge in [-0.25, -0.2) is 4.79 Å². The molecule has 0 aromatic rings. The van der Waals surface area contributed by atoms with E-state index < -0.39 is 36.2 Å². The van der Waals surface area contributed by atoms with E-state index in [0.29, 0.717) is 0 Å². The summed E-state index contributed by atoms with van der Waals surface area (Å²) in [5.74, 6) is -1.56. The van der Waals surface area contributed by atoms with E-state index in [1.165, 1.54) is 0 Å². The van der Waals surface area contributed by atoms with Crippen LogP contribution in [0.4, 0.5) is 0 Å². The summed E-state index contributed by atoms with van der Waals surface area (Å²) in [4.78, 5) is 11.0. The highest BCUT2D eigenvalue weighted by Gasteiger charge is 2.50. The Morgan fingerprint density at radius 2 is 2.07 bits per heavy atom. The molecule has 0 amide bonds. The van der Waals surface area contributed by atoms with Crippen molar-refractivity contribution >= 4 is 5.97 Å². The fraction of sp³-hybridized carbons (Fsp3) is 0.889. The van der Waals surface area contributed by atoms with Crippen LogP contribution in [0.25, 0.3) is 0 Å². The van der Waals surface area contributed by atoms with E-state index in [-0.39, 0.29) is 6.61 Å². The number of aliphatic hydroxyl groups excluding tert-OH is 2. The number of carbonyl (C=O) groups is 1. The Hall–Kier alpha value is -0.690. The molecule has 0 bridgehead atoms. The zero-order chi connectivity index (χ0) is 11.2. The largest absolute Gasteiger partial charge is 0.455 e. The molecule has 0 unspecified atom stereocenters. The normalized spacial score (nSPS) is 44.4. The fourth-order valence-electron chi connectivity index (χ4n) is 1.77. The second-order valence-corrected chi connectivity index (χ2v) is 4.20. The summed E-state index contributed by atoms with van der Waals surface area (Å²) in [6.07, 6.45) is -4.12. The van der Waals surface area contributed by atoms with E-state index in [1.54, 1.807) is 13.8 Å². The first kappa shape index (κ1) is 10.8. The van der Waals surface area contributed by atoms with E-state index in [0.717, 1.165) is 0 Å². The number of hydrogen-bond acceptors (Lipinski definition) is 6. The highest BCUT2D eigenvalue weighted by atomic mass is 16.8. The summed E-state index contributed by atoms with van der Waals surface area (Å²) in [7, 11) is 0. The van der Waals surface area contributed by atoms with Crippen LogP contribution >= 0.6 is 0 Å². The average Bonchev–Trinajstić information content (AvgIpc) is 2.62. The molecule has 2 saturated heterocycles. The van der Waals surface area contributed by atoms with Crippen molar-refractivity contribution in [3.05, 3.63) is 0 Å². The third-order valence-corrected chi connectivity index (χ3v) is 2.55. The molecule has 0 saturated carbocycles. The van der Waals surface area contributed by atoms with Crippen molar-refractivity contribution in [3.63, 3.8) is 0 Å². The molecule has 2 N–H and O–H groups in total. The van der Waals surface area contributed by atoms with Crippen LogP contribution in [0.2, 0.25) is 0 Å². The monoisotopic (exact) mass is 218 g/mol. The molecule has 6 nitrogen and oxygen atoms in total. The topological polar surface area (TPSA) is 85.2 Å². The lowest BCUT2D eigenvalue weighted by molar-refractivity contribution is -0.166. The molecule has 0 spiro atoms. The Morgan fingerprint density at radius 1 is 1.40 bits per heavy atom. The molecule has 0 radical (unpaired) electrons. The number of ether oxygens (including phenoxy) is 3. The zero-order valence-electron chi connectivity index (χ0n) is 8.54. The Balaban J connectivity index is 2.04. The first-order chi connectivity index (χ1) is 6.91. The van der Waals surface area contributed by atoms with Gasteiger partial charge in [-0.15, -0.1) is 0 Å². The van der Waals surface area contributed by atoms with Crippen molar-refractivity contribution in [2.45, 2.75) is 44.1 Å². The average molecular weight is 218 g/mol. The van der Waals surface area contributed by atoms with Gasteiger partial charge in [-0.1, -0.05) is 0 Å². The van der Waals surface area contributed by atoms with Crippen molar-refractivity contribution in [2.24, 2.45) is 0 Å². The van der Waals surface area contributed by atoms with Crippen LogP contribution in [-0.4, -0.2) is 53.0 Å². The molecular formula is C9H14O6. The first-order valence-electron chi connectivity index (χ1n) is 4.79. The van der Waals surface area contributed by atoms with E-state index in [4.69, 9.17) is 14.2 Å². The Kier molecular flexibility index (Phi) is 2.46. The molecule has 0 aromatic heterocycles. The van der Waals surface area contributed by atoms with Crippen LogP contribution in [0.3, 0.4) is 0 Å². The van der Waals surface area contributed by atoms with Crippen LogP contribution in [0.1, 0.15) is 13.8 Å². The van der Waals surface area contributed by atoms with Gasteiger partial charge in [0.05, 0.1) is 6.61 Å². The number of esters is 1. The van der Waals surface area contributed by atoms with Gasteiger partial charge in [-0.05, 0) is 13.8 Å². The van der Waals surface area contributed by atoms with Gasteiger partial charge < -0.3 is 24.4 Å². The van der Waals surface area contributed by atoms with E-state index in [9.17, 15) is 15.0 Å². The van der Waals surface area contributed by atoms with Crippen LogP contribution in [0.15, 0.2) is 0 Å². The molecule has 86 valence electrons. The SMILES string of the molecule is CC1(C)OC[C@H]([C@@H]2OC(=O)[C@H](O)[C@@H]2O)O1. The third-order valence-electron chi connectivity index (χ3n) is 2.55. The van der Waals surface area contributed by atoms with Crippen molar-refractivity contribution in [1.82, 2.24) is 0 Å². The van der Waals surface area contributed by atoms with Gasteiger partial charge in [0.15, 0.2) is 18.0 Å². The van der Waals surface area contributed by atoms with Crippen molar-refractivity contribution in [1.29, 1.82) is 0 Å². The summed E-state index contributed by atoms with van der Waals surface area (Å²) < 4.78 is 15.5. The van der Waals surface area contributed by atoms with Crippen molar-refractivity contribution < 1.29 is 29.2 Å². The molecule has 2 aliphatic heterocycles. The second-order valence-electron chi connectivity index (χ2n) is 4.20. The number of aliphatic hydroxyl groups is 2. The lowest BCUT2D eigenvalue weighted by Crippen LogP contribution is -2.40. The molecule has 2 fully saturated rings. The number of hydrogen-bond donors (Lipinski definition) is 2. The van der Waals surface area contributed by atoms with Crippen LogP contribution < -0.4 is 0 Å². The predicted molar refractivity (Wildman–Crippen MR) is 46.8 cm³/mol. The van der Waals surface area contributed by atoms with Crippen LogP contribution in [0.5, 0.6) is 0 Å². The summed E-state index contributed by atoms with van der Waals surface area (Å²) in [6, 6.07) is 0. The lowest BCUT2D eigenvalue weighted by Gasteiger charge is -2.21. The van der Waals surface area contributed by atoms with Gasteiger partial charge in [-0.2, -0.15) is 0 Å². The fourth-order valence-corrected chi connectivity index (χ4v) is 1.77. The molecular weight excluding hydrogens is 204 g/mol. The minimum atomic E-state index is -1.48. The molecule has 2 heterocycles. The molecule has 0 aromatic carbocycles. The zero-order valence-corrected chi connectivity index (χ0v) is 8.54. The molecule has 2 aliphatic rings. The maximum Gasteiger partial charge on any atom is 0.338 e. The summed E-state index contributed by atoms with van der Waals surface area (Å²) >= 11 is 0. The maximum atomic E-state index is 11.0. The molecule has 0 aliphatic carbocycles. The standard InChI is InChI=1S/C9H14O6/c1-9(2)13-3-4(15-9)7-5(10)6(11)8(12)14-7/h4-7,10-11H,3H2,1-2H3/t4-,5+,6-,7+/m1/s1. The molecule has 6 heteroatoms. The maximum absolute atomic E-state index is 11.0. The smallest absolute Gasteiger partial charge is 0.338 e. The second kappa shape index (κ2) is 3.41. The minimum Gasteiger partial charge on any atom is -0.455 e. The number of rotatable bonds is 1. The quantitative estimate of drug-likeness (QED) is 0.537. The van der Waals surface area contributed by atoms with Gasteiger partial charge >= 0.3 is 5.97 Å². The predicted octanol–water partition coefficient (Wildman–Crippen LogP) is -1.21.